The van der Waals surface area contributed by atoms with Gasteiger partial charge in [-0.1, -0.05) is 5.10 Å². The first-order valence-corrected chi connectivity index (χ1v) is 6.84. The van der Waals surface area contributed by atoms with Gasteiger partial charge in [-0.2, -0.15) is 0 Å². The lowest BCUT2D eigenvalue weighted by Gasteiger charge is -2.23. The van der Waals surface area contributed by atoms with Crippen molar-refractivity contribution < 1.29 is 14.3 Å². The smallest absolute Gasteiger partial charge is 0.322 e. The first-order chi connectivity index (χ1) is 9.67. The van der Waals surface area contributed by atoms with Crippen LogP contribution in [-0.2, 0) is 4.79 Å². The normalized spacial score (nSPS) is 18.6. The van der Waals surface area contributed by atoms with Gasteiger partial charge in [0.25, 0.3) is 0 Å². The number of nitrogens with one attached hydrogen (secondary N) is 2. The third-order valence-corrected chi connectivity index (χ3v) is 3.20. The van der Waals surface area contributed by atoms with Gasteiger partial charge in [-0.3, -0.25) is 15.0 Å². The van der Waals surface area contributed by atoms with Gasteiger partial charge >= 0.3 is 6.01 Å². The molecule has 1 aliphatic rings. The Labute approximate surface area is 117 Å². The predicted molar refractivity (Wildman–Crippen MR) is 72.2 cm³/mol. The molecule has 8 heteroatoms. The number of nitrogens with zero attached hydrogens (tertiary/aromatic N) is 3. The Hall–Kier alpha value is -1.51. The molecule has 2 rings (SSSR count). The maximum atomic E-state index is 11.9. The van der Waals surface area contributed by atoms with E-state index in [0.29, 0.717) is 18.5 Å². The van der Waals surface area contributed by atoms with E-state index >= 15 is 0 Å². The maximum Gasteiger partial charge on any atom is 0.322 e. The number of hydrogen-bond donors (Lipinski definition) is 3. The standard InChI is InChI=1S/C12H21N5O3/c1-9-15-16-12(20-9)14-11(19)8-17(5-6-18)7-10-3-2-4-13-10/h10,13,18H,2-8H2,1H3,(H,14,16,19). The number of aryl methyl sites for hydroxylation is 1. The zero-order valence-corrected chi connectivity index (χ0v) is 11.6. The summed E-state index contributed by atoms with van der Waals surface area (Å²) in [5, 5.41) is 22.4. The summed E-state index contributed by atoms with van der Waals surface area (Å²) in [7, 11) is 0. The number of aromatic nitrogens is 2. The Kier molecular flexibility index (Phi) is 5.45. The number of carbonyl (C=O) groups is 1. The van der Waals surface area contributed by atoms with Crippen LogP contribution in [0.4, 0.5) is 6.01 Å². The average Bonchev–Trinajstić information content (AvgIpc) is 3.01. The first kappa shape index (κ1) is 14.9. The summed E-state index contributed by atoms with van der Waals surface area (Å²) in [5.74, 6) is 0.183. The van der Waals surface area contributed by atoms with Gasteiger partial charge in [0.1, 0.15) is 0 Å². The first-order valence-electron chi connectivity index (χ1n) is 6.84. The Morgan fingerprint density at radius 1 is 1.60 bits per heavy atom. The summed E-state index contributed by atoms with van der Waals surface area (Å²) in [4.78, 5) is 13.8. The number of amides is 1. The van der Waals surface area contributed by atoms with E-state index in [1.165, 1.54) is 0 Å². The van der Waals surface area contributed by atoms with Crippen molar-refractivity contribution >= 4 is 11.9 Å². The quantitative estimate of drug-likeness (QED) is 0.611. The molecule has 0 aromatic carbocycles. The molecule has 0 spiro atoms. The Balaban J connectivity index is 1.81. The Morgan fingerprint density at radius 2 is 2.45 bits per heavy atom. The second-order valence-electron chi connectivity index (χ2n) is 4.93. The molecule has 112 valence electrons. The van der Waals surface area contributed by atoms with E-state index in [9.17, 15) is 4.79 Å². The summed E-state index contributed by atoms with van der Waals surface area (Å²) in [6, 6.07) is 0.496. The molecule has 0 saturated carbocycles. The molecular weight excluding hydrogens is 262 g/mol. The minimum atomic E-state index is -0.222. The van der Waals surface area contributed by atoms with E-state index in [0.717, 1.165) is 25.9 Å². The van der Waals surface area contributed by atoms with Crippen LogP contribution in [0.3, 0.4) is 0 Å². The molecule has 1 aromatic heterocycles. The number of rotatable bonds is 7. The molecule has 1 aliphatic heterocycles. The van der Waals surface area contributed by atoms with Crippen molar-refractivity contribution in [3.8, 4) is 0 Å². The number of carbonyl (C=O) groups excluding carboxylic acids is 1. The molecule has 1 aromatic rings. The highest BCUT2D eigenvalue weighted by atomic mass is 16.4. The molecule has 3 N–H and O–H groups in total. The fourth-order valence-electron chi connectivity index (χ4n) is 2.31. The van der Waals surface area contributed by atoms with Crippen LogP contribution in [-0.4, -0.2) is 64.9 Å². The molecule has 1 fully saturated rings. The van der Waals surface area contributed by atoms with Crippen LogP contribution in [0.1, 0.15) is 18.7 Å². The van der Waals surface area contributed by atoms with Crippen LogP contribution in [0.15, 0.2) is 4.42 Å². The van der Waals surface area contributed by atoms with Gasteiger partial charge in [-0.25, -0.2) is 0 Å². The van der Waals surface area contributed by atoms with E-state index < -0.39 is 0 Å². The van der Waals surface area contributed by atoms with Crippen molar-refractivity contribution in [1.82, 2.24) is 20.4 Å². The van der Waals surface area contributed by atoms with Crippen molar-refractivity contribution in [2.24, 2.45) is 0 Å². The zero-order valence-electron chi connectivity index (χ0n) is 11.6. The fourth-order valence-corrected chi connectivity index (χ4v) is 2.31. The lowest BCUT2D eigenvalue weighted by atomic mass is 10.2. The maximum absolute atomic E-state index is 11.9. The SMILES string of the molecule is Cc1nnc(NC(=O)CN(CCO)CC2CCCN2)o1. The highest BCUT2D eigenvalue weighted by Gasteiger charge is 2.20. The Morgan fingerprint density at radius 3 is 3.05 bits per heavy atom. The van der Waals surface area contributed by atoms with Crippen LogP contribution >= 0.6 is 0 Å². The van der Waals surface area contributed by atoms with E-state index in [2.05, 4.69) is 20.8 Å². The van der Waals surface area contributed by atoms with E-state index in [1.54, 1.807) is 6.92 Å². The molecule has 1 atom stereocenters. The molecule has 0 radical (unpaired) electrons. The van der Waals surface area contributed by atoms with Gasteiger partial charge in [0, 0.05) is 26.1 Å². The van der Waals surface area contributed by atoms with E-state index in [4.69, 9.17) is 9.52 Å². The fraction of sp³-hybridized carbons (Fsp3) is 0.750. The van der Waals surface area contributed by atoms with Gasteiger partial charge in [-0.15, -0.1) is 5.10 Å². The van der Waals surface area contributed by atoms with Crippen LogP contribution in [0, 0.1) is 6.92 Å². The summed E-state index contributed by atoms with van der Waals surface area (Å²) in [6.45, 7) is 4.11. The molecule has 1 saturated heterocycles. The van der Waals surface area contributed by atoms with Crippen molar-refractivity contribution in [3.05, 3.63) is 5.89 Å². The number of aliphatic hydroxyl groups excluding tert-OH is 1. The van der Waals surface area contributed by atoms with Crippen LogP contribution in [0.2, 0.25) is 0 Å². The van der Waals surface area contributed by atoms with Gasteiger partial charge in [0.2, 0.25) is 11.8 Å². The molecule has 8 nitrogen and oxygen atoms in total. The molecule has 0 aliphatic carbocycles. The summed E-state index contributed by atoms with van der Waals surface area (Å²) in [5.41, 5.74) is 0. The van der Waals surface area contributed by atoms with Gasteiger partial charge in [0.05, 0.1) is 13.2 Å². The second kappa shape index (κ2) is 7.32. The zero-order chi connectivity index (χ0) is 14.4. The largest absolute Gasteiger partial charge is 0.408 e. The third-order valence-electron chi connectivity index (χ3n) is 3.20. The molecule has 1 unspecified atom stereocenters. The minimum Gasteiger partial charge on any atom is -0.408 e. The second-order valence-corrected chi connectivity index (χ2v) is 4.93. The highest BCUT2D eigenvalue weighted by Crippen LogP contribution is 2.08. The van der Waals surface area contributed by atoms with Crippen molar-refractivity contribution in [2.45, 2.75) is 25.8 Å². The number of anilines is 1. The van der Waals surface area contributed by atoms with E-state index in [-0.39, 0.29) is 25.1 Å². The summed E-state index contributed by atoms with van der Waals surface area (Å²) in [6.07, 6.45) is 2.26. The Bertz CT molecular complexity index is 430. The molecular formula is C12H21N5O3. The number of aliphatic hydroxyl groups is 1. The third kappa shape index (κ3) is 4.55. The minimum absolute atomic E-state index is 0.0274. The summed E-state index contributed by atoms with van der Waals surface area (Å²) >= 11 is 0. The van der Waals surface area contributed by atoms with Gasteiger partial charge in [-0.05, 0) is 19.4 Å². The molecule has 20 heavy (non-hydrogen) atoms. The number of hydrogen-bond acceptors (Lipinski definition) is 7. The molecule has 0 bridgehead atoms. The summed E-state index contributed by atoms with van der Waals surface area (Å²) < 4.78 is 5.09. The van der Waals surface area contributed by atoms with Gasteiger partial charge in [0.15, 0.2) is 0 Å². The lowest BCUT2D eigenvalue weighted by Crippen LogP contribution is -2.42. The van der Waals surface area contributed by atoms with Crippen LogP contribution < -0.4 is 10.6 Å². The van der Waals surface area contributed by atoms with E-state index in [1.807, 2.05) is 4.90 Å². The van der Waals surface area contributed by atoms with Gasteiger partial charge < -0.3 is 14.8 Å². The highest BCUT2D eigenvalue weighted by molar-refractivity contribution is 5.90. The lowest BCUT2D eigenvalue weighted by molar-refractivity contribution is -0.117. The van der Waals surface area contributed by atoms with Crippen molar-refractivity contribution in [1.29, 1.82) is 0 Å². The monoisotopic (exact) mass is 283 g/mol. The van der Waals surface area contributed by atoms with Crippen molar-refractivity contribution in [3.63, 3.8) is 0 Å². The van der Waals surface area contributed by atoms with Crippen LogP contribution in [0.5, 0.6) is 0 Å². The van der Waals surface area contributed by atoms with Crippen LogP contribution in [0.25, 0.3) is 0 Å². The topological polar surface area (TPSA) is 104 Å². The molecule has 1 amide bonds. The predicted octanol–water partition coefficient (Wildman–Crippen LogP) is -0.637. The average molecular weight is 283 g/mol. The van der Waals surface area contributed by atoms with Crippen molar-refractivity contribution in [2.75, 3.05) is 38.1 Å². The molecule has 2 heterocycles.